The highest BCUT2D eigenvalue weighted by atomic mass is 32.2. The molecule has 0 aliphatic heterocycles. The lowest BCUT2D eigenvalue weighted by Crippen LogP contribution is -1.97. The molecule has 3 aromatic heterocycles. The van der Waals surface area contributed by atoms with Crippen molar-refractivity contribution in [2.75, 3.05) is 5.32 Å². The van der Waals surface area contributed by atoms with Gasteiger partial charge in [-0.15, -0.1) is 11.8 Å². The highest BCUT2D eigenvalue weighted by molar-refractivity contribution is 8.00. The first kappa shape index (κ1) is 16.0. The van der Waals surface area contributed by atoms with Crippen LogP contribution < -0.4 is 5.32 Å². The van der Waals surface area contributed by atoms with Crippen LogP contribution in [-0.2, 0) is 0 Å². The zero-order valence-electron chi connectivity index (χ0n) is 14.1. The molecule has 1 saturated carbocycles. The van der Waals surface area contributed by atoms with Crippen molar-refractivity contribution in [2.24, 2.45) is 0 Å². The summed E-state index contributed by atoms with van der Waals surface area (Å²) in [5.74, 6) is 0.794. The molecule has 1 aliphatic carbocycles. The predicted molar refractivity (Wildman–Crippen MR) is 108 cm³/mol. The van der Waals surface area contributed by atoms with Gasteiger partial charge in [0.15, 0.2) is 5.13 Å². The maximum atomic E-state index is 4.60. The quantitative estimate of drug-likeness (QED) is 0.511. The van der Waals surface area contributed by atoms with E-state index in [0.29, 0.717) is 0 Å². The van der Waals surface area contributed by atoms with Gasteiger partial charge in [-0.05, 0) is 43.2 Å². The van der Waals surface area contributed by atoms with Gasteiger partial charge in [0.2, 0.25) is 0 Å². The van der Waals surface area contributed by atoms with Gasteiger partial charge in [0.1, 0.15) is 22.5 Å². The number of rotatable bonds is 4. The molecule has 0 spiro atoms. The van der Waals surface area contributed by atoms with Crippen LogP contribution >= 0.6 is 23.1 Å². The SMILES string of the molecule is c1cnc2sc(Nc3ncnc4ccc(SC5CCCC5)cc34)nc2c1. The summed E-state index contributed by atoms with van der Waals surface area (Å²) in [6, 6.07) is 10.3. The Morgan fingerprint density at radius 3 is 2.85 bits per heavy atom. The molecule has 5 nitrogen and oxygen atoms in total. The number of hydrogen-bond acceptors (Lipinski definition) is 7. The smallest absolute Gasteiger partial charge is 0.190 e. The molecule has 1 aliphatic rings. The Morgan fingerprint density at radius 1 is 1.04 bits per heavy atom. The van der Waals surface area contributed by atoms with Crippen LogP contribution in [-0.4, -0.2) is 25.2 Å². The largest absolute Gasteiger partial charge is 0.316 e. The van der Waals surface area contributed by atoms with Crippen LogP contribution in [0, 0.1) is 0 Å². The fraction of sp³-hybridized carbons (Fsp3) is 0.263. The van der Waals surface area contributed by atoms with Crippen LogP contribution in [0.1, 0.15) is 25.7 Å². The molecule has 0 amide bonds. The maximum absolute atomic E-state index is 4.60. The van der Waals surface area contributed by atoms with Crippen molar-refractivity contribution in [3.05, 3.63) is 42.9 Å². The molecule has 0 bridgehead atoms. The normalized spacial score (nSPS) is 15.1. The molecule has 7 heteroatoms. The number of nitrogens with zero attached hydrogens (tertiary/aromatic N) is 4. The third-order valence-electron chi connectivity index (χ3n) is 4.60. The van der Waals surface area contributed by atoms with E-state index in [1.54, 1.807) is 12.5 Å². The molecule has 1 aromatic carbocycles. The Hall–Kier alpha value is -2.25. The van der Waals surface area contributed by atoms with Crippen molar-refractivity contribution < 1.29 is 0 Å². The van der Waals surface area contributed by atoms with Crippen LogP contribution in [0.5, 0.6) is 0 Å². The van der Waals surface area contributed by atoms with Crippen LogP contribution in [0.15, 0.2) is 47.8 Å². The van der Waals surface area contributed by atoms with Crippen molar-refractivity contribution in [3.8, 4) is 0 Å². The van der Waals surface area contributed by atoms with Gasteiger partial charge >= 0.3 is 0 Å². The maximum Gasteiger partial charge on any atom is 0.190 e. The molecule has 3 heterocycles. The second-order valence-corrected chi connectivity index (χ2v) is 8.75. The summed E-state index contributed by atoms with van der Waals surface area (Å²) >= 11 is 3.51. The predicted octanol–water partition coefficient (Wildman–Crippen LogP) is 5.41. The summed E-state index contributed by atoms with van der Waals surface area (Å²) in [5.41, 5.74) is 1.84. The summed E-state index contributed by atoms with van der Waals surface area (Å²) in [6.45, 7) is 0. The van der Waals surface area contributed by atoms with Crippen molar-refractivity contribution >= 4 is 55.3 Å². The molecule has 4 aromatic rings. The summed E-state index contributed by atoms with van der Waals surface area (Å²) in [5, 5.41) is 5.93. The van der Waals surface area contributed by atoms with Gasteiger partial charge in [-0.2, -0.15) is 0 Å². The van der Waals surface area contributed by atoms with E-state index in [1.807, 2.05) is 23.9 Å². The fourth-order valence-electron chi connectivity index (χ4n) is 3.33. The van der Waals surface area contributed by atoms with Gasteiger partial charge in [0.05, 0.1) is 5.52 Å². The summed E-state index contributed by atoms with van der Waals surface area (Å²) in [4.78, 5) is 20.0. The van der Waals surface area contributed by atoms with Crippen molar-refractivity contribution in [1.29, 1.82) is 0 Å². The van der Waals surface area contributed by atoms with Gasteiger partial charge in [-0.1, -0.05) is 24.2 Å². The van der Waals surface area contributed by atoms with Crippen molar-refractivity contribution in [2.45, 2.75) is 35.8 Å². The van der Waals surface area contributed by atoms with Gasteiger partial charge in [-0.3, -0.25) is 0 Å². The molecular formula is C19H17N5S2. The van der Waals surface area contributed by atoms with Gasteiger partial charge in [0, 0.05) is 21.7 Å². The average molecular weight is 380 g/mol. The van der Waals surface area contributed by atoms with Gasteiger partial charge in [0.25, 0.3) is 0 Å². The topological polar surface area (TPSA) is 63.6 Å². The molecular weight excluding hydrogens is 362 g/mol. The highest BCUT2D eigenvalue weighted by Crippen LogP contribution is 2.37. The molecule has 5 rings (SSSR count). The zero-order valence-corrected chi connectivity index (χ0v) is 15.7. The minimum Gasteiger partial charge on any atom is -0.316 e. The van der Waals surface area contributed by atoms with E-state index in [0.717, 1.165) is 37.4 Å². The number of hydrogen-bond donors (Lipinski definition) is 1. The van der Waals surface area contributed by atoms with Crippen LogP contribution in [0.3, 0.4) is 0 Å². The Morgan fingerprint density at radius 2 is 1.96 bits per heavy atom. The molecule has 0 radical (unpaired) electrons. The Bertz CT molecular complexity index is 1040. The first-order valence-electron chi connectivity index (χ1n) is 8.75. The first-order chi connectivity index (χ1) is 12.8. The van der Waals surface area contributed by atoms with E-state index < -0.39 is 0 Å². The lowest BCUT2D eigenvalue weighted by molar-refractivity contribution is 0.886. The standard InChI is InChI=1S/C19H17N5S2/c1-2-5-12(4-1)25-13-7-8-15-14(10-13)17(22-11-21-15)24-19-23-16-6-3-9-20-18(16)26-19/h3,6-12H,1-2,4-5H2,(H,21,22,23,24). The Labute approximate surface area is 159 Å². The lowest BCUT2D eigenvalue weighted by atomic mass is 10.2. The van der Waals surface area contributed by atoms with E-state index in [9.17, 15) is 0 Å². The number of nitrogens with one attached hydrogen (secondary N) is 1. The second kappa shape index (κ2) is 6.81. The van der Waals surface area contributed by atoms with E-state index in [2.05, 4.69) is 43.5 Å². The third-order valence-corrected chi connectivity index (χ3v) is 6.83. The minimum atomic E-state index is 0.740. The number of thiazole rings is 1. The lowest BCUT2D eigenvalue weighted by Gasteiger charge is -2.11. The summed E-state index contributed by atoms with van der Waals surface area (Å²) < 4.78 is 0. The molecule has 0 atom stereocenters. The Kier molecular flexibility index (Phi) is 4.18. The molecule has 0 saturated heterocycles. The number of anilines is 2. The van der Waals surface area contributed by atoms with E-state index in [-0.39, 0.29) is 0 Å². The number of pyridine rings is 1. The van der Waals surface area contributed by atoms with Crippen LogP contribution in [0.2, 0.25) is 0 Å². The van der Waals surface area contributed by atoms with Crippen LogP contribution in [0.25, 0.3) is 21.3 Å². The number of benzene rings is 1. The monoisotopic (exact) mass is 379 g/mol. The molecule has 130 valence electrons. The van der Waals surface area contributed by atoms with E-state index in [1.165, 1.54) is 41.9 Å². The van der Waals surface area contributed by atoms with E-state index in [4.69, 9.17) is 0 Å². The third kappa shape index (κ3) is 3.12. The highest BCUT2D eigenvalue weighted by Gasteiger charge is 2.17. The summed E-state index contributed by atoms with van der Waals surface area (Å²) in [6.07, 6.45) is 8.73. The van der Waals surface area contributed by atoms with Crippen molar-refractivity contribution in [1.82, 2.24) is 19.9 Å². The molecule has 26 heavy (non-hydrogen) atoms. The first-order valence-corrected chi connectivity index (χ1v) is 10.4. The van der Waals surface area contributed by atoms with E-state index >= 15 is 0 Å². The van der Waals surface area contributed by atoms with Crippen molar-refractivity contribution in [3.63, 3.8) is 0 Å². The molecule has 0 unspecified atom stereocenters. The minimum absolute atomic E-state index is 0.740. The Balaban J connectivity index is 1.49. The summed E-state index contributed by atoms with van der Waals surface area (Å²) in [7, 11) is 0. The number of fused-ring (bicyclic) bond motifs is 2. The molecule has 1 N–H and O–H groups in total. The number of aromatic nitrogens is 4. The molecule has 1 fully saturated rings. The van der Waals surface area contributed by atoms with Gasteiger partial charge < -0.3 is 5.32 Å². The zero-order chi connectivity index (χ0) is 17.3. The average Bonchev–Trinajstić information content (AvgIpc) is 3.31. The van der Waals surface area contributed by atoms with Gasteiger partial charge in [-0.25, -0.2) is 19.9 Å². The second-order valence-electron chi connectivity index (χ2n) is 6.40. The van der Waals surface area contributed by atoms with Crippen LogP contribution in [0.4, 0.5) is 10.9 Å². The number of thioether (sulfide) groups is 1. The fourth-order valence-corrected chi connectivity index (χ4v) is 5.43.